The molecule has 1 aromatic rings. The summed E-state index contributed by atoms with van der Waals surface area (Å²) in [4.78, 5) is 15.0. The van der Waals surface area contributed by atoms with Gasteiger partial charge in [-0.2, -0.15) is 0 Å². The van der Waals surface area contributed by atoms with E-state index in [2.05, 4.69) is 35.2 Å². The van der Waals surface area contributed by atoms with Crippen LogP contribution in [-0.4, -0.2) is 71.2 Å². The number of aliphatic hydroxyl groups excluding tert-OH is 3. The normalized spacial score (nSPS) is 33.1. The monoisotopic (exact) mass is 565 g/mol. The van der Waals surface area contributed by atoms with Gasteiger partial charge in [-0.05, 0) is 55.6 Å². The lowest BCUT2D eigenvalue weighted by molar-refractivity contribution is -0.134. The third-order valence-corrected chi connectivity index (χ3v) is 10.0. The maximum absolute atomic E-state index is 12.5. The van der Waals surface area contributed by atoms with Crippen LogP contribution in [0.25, 0.3) is 0 Å². The van der Waals surface area contributed by atoms with E-state index < -0.39 is 24.6 Å². The van der Waals surface area contributed by atoms with E-state index in [0.29, 0.717) is 17.6 Å². The van der Waals surface area contributed by atoms with Gasteiger partial charge in [0.05, 0.1) is 32.3 Å². The van der Waals surface area contributed by atoms with E-state index in [0.717, 1.165) is 44.4 Å². The van der Waals surface area contributed by atoms with Gasteiger partial charge in [-0.15, -0.1) is 0 Å². The minimum Gasteiger partial charge on any atom is -0.492 e. The van der Waals surface area contributed by atoms with Gasteiger partial charge in [0, 0.05) is 24.5 Å². The first-order chi connectivity index (χ1) is 20.0. The van der Waals surface area contributed by atoms with Crippen molar-refractivity contribution in [1.29, 1.82) is 0 Å². The van der Waals surface area contributed by atoms with Crippen LogP contribution < -0.4 is 0 Å². The maximum atomic E-state index is 12.5. The number of ether oxygens (including phenoxy) is 3. The van der Waals surface area contributed by atoms with Crippen molar-refractivity contribution in [3.63, 3.8) is 0 Å². The molecule has 0 amide bonds. The first kappa shape index (κ1) is 28.5. The molecule has 0 unspecified atom stereocenters. The highest BCUT2D eigenvalue weighted by Gasteiger charge is 2.52. The predicted octanol–water partition coefficient (Wildman–Crippen LogP) is 3.82. The fourth-order valence-corrected chi connectivity index (χ4v) is 8.20. The van der Waals surface area contributed by atoms with Crippen molar-refractivity contribution < 1.29 is 34.3 Å². The number of methoxy groups -OCH3 is 1. The molecule has 41 heavy (non-hydrogen) atoms. The number of cyclic esters (lactones) is 1. The summed E-state index contributed by atoms with van der Waals surface area (Å²) in [5.74, 6) is 1.18. The number of carbonyl (C=O) groups excluding carboxylic acids is 1. The largest absolute Gasteiger partial charge is 0.492 e. The average molecular weight is 566 g/mol. The molecule has 0 spiro atoms. The molecular weight excluding hydrogens is 522 g/mol. The van der Waals surface area contributed by atoms with Gasteiger partial charge in [-0.25, -0.2) is 4.79 Å². The minimum absolute atomic E-state index is 0.0339. The number of hydrogen-bond acceptors (Lipinski definition) is 8. The summed E-state index contributed by atoms with van der Waals surface area (Å²) in [7, 11) is 1.43. The Hall–Kier alpha value is -2.65. The lowest BCUT2D eigenvalue weighted by atomic mass is 9.73. The van der Waals surface area contributed by atoms with Crippen molar-refractivity contribution >= 4 is 5.97 Å². The second-order valence-corrected chi connectivity index (χ2v) is 12.4. The number of fused-ring (bicyclic) bond motifs is 3. The summed E-state index contributed by atoms with van der Waals surface area (Å²) in [5.41, 5.74) is 1.35. The fourth-order valence-electron chi connectivity index (χ4n) is 8.20. The van der Waals surface area contributed by atoms with Gasteiger partial charge < -0.3 is 29.5 Å². The Labute approximate surface area is 242 Å². The van der Waals surface area contributed by atoms with Crippen molar-refractivity contribution in [3.05, 3.63) is 70.6 Å². The highest BCUT2D eigenvalue weighted by Crippen LogP contribution is 2.50. The zero-order chi connectivity index (χ0) is 28.5. The van der Waals surface area contributed by atoms with E-state index in [9.17, 15) is 20.1 Å². The summed E-state index contributed by atoms with van der Waals surface area (Å²) in [6, 6.07) is 10.6. The van der Waals surface area contributed by atoms with Gasteiger partial charge >= 0.3 is 5.97 Å². The first-order valence-corrected chi connectivity index (χ1v) is 15.3. The van der Waals surface area contributed by atoms with E-state index in [1.165, 1.54) is 38.4 Å². The summed E-state index contributed by atoms with van der Waals surface area (Å²) in [6.07, 6.45) is 11.0. The number of esters is 1. The fraction of sp³-hybridized carbons (Fsp3) is 0.606. The van der Waals surface area contributed by atoms with E-state index in [1.807, 2.05) is 6.07 Å². The van der Waals surface area contributed by atoms with Crippen LogP contribution in [0.2, 0.25) is 0 Å². The van der Waals surface area contributed by atoms with Crippen LogP contribution in [0.15, 0.2) is 65.0 Å². The van der Waals surface area contributed by atoms with E-state index >= 15 is 0 Å². The second kappa shape index (κ2) is 12.3. The third-order valence-electron chi connectivity index (χ3n) is 10.0. The summed E-state index contributed by atoms with van der Waals surface area (Å²) >= 11 is 0. The summed E-state index contributed by atoms with van der Waals surface area (Å²) in [6.45, 7) is 0.134. The van der Waals surface area contributed by atoms with Crippen LogP contribution in [0, 0.1) is 23.7 Å². The summed E-state index contributed by atoms with van der Waals surface area (Å²) in [5, 5.41) is 32.3. The van der Waals surface area contributed by atoms with Gasteiger partial charge in [0.2, 0.25) is 5.76 Å². The maximum Gasteiger partial charge on any atom is 0.345 e. The van der Waals surface area contributed by atoms with E-state index in [4.69, 9.17) is 14.2 Å². The molecule has 4 heterocycles. The highest BCUT2D eigenvalue weighted by atomic mass is 16.6. The van der Waals surface area contributed by atoms with Crippen molar-refractivity contribution in [2.24, 2.45) is 23.7 Å². The van der Waals surface area contributed by atoms with Crippen LogP contribution in [0.3, 0.4) is 0 Å². The number of carbonyl (C=O) groups is 1. The van der Waals surface area contributed by atoms with Gasteiger partial charge in [0.15, 0.2) is 11.5 Å². The SMILES string of the molecule is COC1=C(CO)C(=O)OC1=C1OC2=CCCN3[C@H](C[C@H](Cc4ccccc4)C[C@H]3[C@@H](O)CC3CCCC3)[C@@H]2[C@@H]1CO. The molecule has 2 saturated heterocycles. The van der Waals surface area contributed by atoms with Gasteiger partial charge in [-0.1, -0.05) is 56.0 Å². The molecular formula is C33H43NO7. The first-order valence-electron chi connectivity index (χ1n) is 15.3. The van der Waals surface area contributed by atoms with E-state index in [-0.39, 0.29) is 41.7 Å². The van der Waals surface area contributed by atoms with Crippen LogP contribution in [0.4, 0.5) is 0 Å². The van der Waals surface area contributed by atoms with Gasteiger partial charge in [0.1, 0.15) is 11.3 Å². The van der Waals surface area contributed by atoms with Crippen molar-refractivity contribution in [3.8, 4) is 0 Å². The van der Waals surface area contributed by atoms with Crippen molar-refractivity contribution in [2.75, 3.05) is 26.9 Å². The van der Waals surface area contributed by atoms with Crippen molar-refractivity contribution in [2.45, 2.75) is 76.0 Å². The van der Waals surface area contributed by atoms with Crippen molar-refractivity contribution in [1.82, 2.24) is 4.90 Å². The average Bonchev–Trinajstić information content (AvgIpc) is 3.67. The number of benzene rings is 1. The summed E-state index contributed by atoms with van der Waals surface area (Å²) < 4.78 is 17.5. The number of piperidine rings is 1. The lowest BCUT2D eigenvalue weighted by Crippen LogP contribution is -2.57. The highest BCUT2D eigenvalue weighted by molar-refractivity contribution is 5.94. The zero-order valence-corrected chi connectivity index (χ0v) is 23.9. The topological polar surface area (TPSA) is 109 Å². The second-order valence-electron chi connectivity index (χ2n) is 12.4. The third kappa shape index (κ3) is 5.47. The smallest absolute Gasteiger partial charge is 0.345 e. The molecule has 6 rings (SSSR count). The molecule has 8 nitrogen and oxygen atoms in total. The molecule has 1 aromatic carbocycles. The molecule has 5 aliphatic rings. The Morgan fingerprint density at radius 3 is 2.56 bits per heavy atom. The number of rotatable bonds is 8. The number of hydrogen-bond donors (Lipinski definition) is 3. The minimum atomic E-state index is -0.662. The molecule has 222 valence electrons. The predicted molar refractivity (Wildman–Crippen MR) is 152 cm³/mol. The molecule has 1 saturated carbocycles. The van der Waals surface area contributed by atoms with E-state index in [1.54, 1.807) is 0 Å². The standard InChI is InChI=1S/C33H43NO7/c1-39-30-24(19-36)33(38)41-32(30)31-23(18-35)29-26-16-22(14-20-8-3-2-4-9-20)15-25(27(37)17-21-10-5-6-11-21)34(26)13-7-12-28(29)40-31/h2-4,8-9,12,21-23,25-27,29,35-37H,5-7,10-11,13-19H2,1H3/t22-,23+,25+,26-,27+,29+/m1/s1. The van der Waals surface area contributed by atoms with Crippen LogP contribution in [-0.2, 0) is 25.4 Å². The Balaban J connectivity index is 1.35. The van der Waals surface area contributed by atoms with Crippen LogP contribution in [0.5, 0.6) is 0 Å². The quantitative estimate of drug-likeness (QED) is 0.409. The molecule has 0 bridgehead atoms. The molecule has 8 heteroatoms. The zero-order valence-electron chi connectivity index (χ0n) is 23.9. The molecule has 6 atom stereocenters. The molecule has 3 N–H and O–H groups in total. The van der Waals surface area contributed by atoms with Crippen LogP contribution >= 0.6 is 0 Å². The number of nitrogens with zero attached hydrogens (tertiary/aromatic N) is 1. The van der Waals surface area contributed by atoms with Gasteiger partial charge in [0.25, 0.3) is 0 Å². The van der Waals surface area contributed by atoms with Gasteiger partial charge in [-0.3, -0.25) is 4.90 Å². The number of aliphatic hydroxyl groups is 3. The molecule has 4 aliphatic heterocycles. The molecule has 0 radical (unpaired) electrons. The Bertz CT molecular complexity index is 1200. The molecule has 3 fully saturated rings. The lowest BCUT2D eigenvalue weighted by Gasteiger charge is -2.49. The Kier molecular flexibility index (Phi) is 8.54. The van der Waals surface area contributed by atoms with Crippen LogP contribution in [0.1, 0.15) is 56.9 Å². The Morgan fingerprint density at radius 2 is 1.85 bits per heavy atom. The Morgan fingerprint density at radius 1 is 1.07 bits per heavy atom. The molecule has 1 aliphatic carbocycles. The molecule has 0 aromatic heterocycles.